The van der Waals surface area contributed by atoms with Crippen LogP contribution in [0.3, 0.4) is 0 Å². The van der Waals surface area contributed by atoms with E-state index in [1.165, 1.54) is 36.9 Å². The zero-order chi connectivity index (χ0) is 91.9. The average Bonchev–Trinajstić information content (AvgIpc) is 0.798. The molecular formula is C87H113ClN6O34S. The van der Waals surface area contributed by atoms with Gasteiger partial charge in [-0.1, -0.05) is 36.2 Å². The molecule has 0 fully saturated rings. The van der Waals surface area contributed by atoms with Crippen LogP contribution in [0, 0.1) is 17.0 Å². The number of benzene rings is 6. The summed E-state index contributed by atoms with van der Waals surface area (Å²) < 4.78 is 164. The number of nitro groups is 1. The fourth-order valence-corrected chi connectivity index (χ4v) is 12.4. The maximum Gasteiger partial charge on any atom is 0.345 e. The smallest absolute Gasteiger partial charge is 0.345 e. The van der Waals surface area contributed by atoms with E-state index in [1.54, 1.807) is 81.4 Å². The van der Waals surface area contributed by atoms with Crippen LogP contribution in [0.1, 0.15) is 70.8 Å². The molecule has 0 radical (unpaired) electrons. The van der Waals surface area contributed by atoms with E-state index in [1.807, 2.05) is 13.8 Å². The van der Waals surface area contributed by atoms with Crippen LogP contribution in [0.25, 0.3) is 21.8 Å². The number of halogens is 1. The van der Waals surface area contributed by atoms with Crippen molar-refractivity contribution in [2.45, 2.75) is 45.9 Å². The van der Waals surface area contributed by atoms with Crippen LogP contribution < -0.4 is 58.7 Å². The lowest BCUT2D eigenvalue weighted by atomic mass is 10.1. The molecule has 3 N–H and O–H groups in total. The number of aryl methyl sites for hydroxylation is 1. The van der Waals surface area contributed by atoms with Gasteiger partial charge < -0.3 is 129 Å². The van der Waals surface area contributed by atoms with Gasteiger partial charge in [0.15, 0.2) is 57.5 Å². The molecule has 129 heavy (non-hydrogen) atoms. The Morgan fingerprint density at radius 2 is 0.775 bits per heavy atom. The van der Waals surface area contributed by atoms with E-state index in [2.05, 4.69) is 19.9 Å². The molecule has 0 saturated carbocycles. The Bertz CT molecular complexity index is 4870. The van der Waals surface area contributed by atoms with Gasteiger partial charge in [0.05, 0.1) is 234 Å². The minimum Gasteiger partial charge on any atom is -0.487 e. The van der Waals surface area contributed by atoms with Crippen LogP contribution in [0.15, 0.2) is 113 Å². The Hall–Kier alpha value is -10.9. The maximum atomic E-state index is 12.0. The molecule has 0 aliphatic carbocycles. The molecule has 0 atom stereocenters. The summed E-state index contributed by atoms with van der Waals surface area (Å²) in [4.78, 5) is 73.0. The minimum atomic E-state index is -3.69. The molecule has 708 valence electrons. The molecule has 0 amide bonds. The number of anilines is 1. The van der Waals surface area contributed by atoms with E-state index in [9.17, 15) is 37.7 Å². The summed E-state index contributed by atoms with van der Waals surface area (Å²) in [6.07, 6.45) is 3.76. The number of fused-ring (bicyclic) bond motifs is 7. The third-order valence-electron chi connectivity index (χ3n) is 17.4. The lowest BCUT2D eigenvalue weighted by Gasteiger charge is -2.17. The molecule has 7 heterocycles. The molecule has 6 aromatic carbocycles. The molecule has 13 rings (SSSR count). The van der Waals surface area contributed by atoms with Crippen molar-refractivity contribution in [3.8, 4) is 57.5 Å². The van der Waals surface area contributed by atoms with Crippen LogP contribution in [0.2, 0.25) is 5.15 Å². The van der Waals surface area contributed by atoms with Crippen molar-refractivity contribution >= 4 is 72.8 Å². The number of rotatable bonds is 17. The van der Waals surface area contributed by atoms with Gasteiger partial charge in [0.25, 0.3) is 21.4 Å². The second-order valence-electron chi connectivity index (χ2n) is 26.7. The first-order valence-corrected chi connectivity index (χ1v) is 43.7. The van der Waals surface area contributed by atoms with Gasteiger partial charge in [-0.05, 0) is 76.6 Å². The van der Waals surface area contributed by atoms with Crippen molar-refractivity contribution in [1.82, 2.24) is 19.9 Å². The number of carbonyl (C=O) groups is 3. The van der Waals surface area contributed by atoms with E-state index in [0.717, 1.165) is 23.4 Å². The molecule has 8 aromatic rings. The van der Waals surface area contributed by atoms with E-state index in [4.69, 9.17) is 140 Å². The monoisotopic (exact) mass is 1850 g/mol. The normalized spacial score (nSPS) is 15.7. The highest BCUT2D eigenvalue weighted by molar-refractivity contribution is 7.86. The number of aromatic nitrogens is 4. The lowest BCUT2D eigenvalue weighted by molar-refractivity contribution is -0.385. The third-order valence-corrected chi connectivity index (χ3v) is 19.0. The molecule has 0 bridgehead atoms. The highest BCUT2D eigenvalue weighted by Crippen LogP contribution is 2.39. The summed E-state index contributed by atoms with van der Waals surface area (Å²) in [6.45, 7) is 24.5. The van der Waals surface area contributed by atoms with Gasteiger partial charge in [-0.15, -0.1) is 0 Å². The predicted molar refractivity (Wildman–Crippen MR) is 465 cm³/mol. The SMILES string of the molecule is CCCOCCOCCOS(=O)(=O)c1ccc(C)cc1.CCOC(=O)c1cc2c(cc1N)OCCOCCOCCO2.CCOC(=O)c1cc2c(cc1[N+](=O)[O-])OCCOCCOCCO2.CCOC(=O)c1ccc2c(c1)OCCOCCOCCO2.Clc1ncnc2cc3c(cc12)OCCOCCOCCO3.O=c1[nH]cnc2cc3c(cc12)OCCOCCOCCO3. The highest BCUT2D eigenvalue weighted by Gasteiger charge is 2.27. The van der Waals surface area contributed by atoms with E-state index < -0.39 is 32.7 Å². The summed E-state index contributed by atoms with van der Waals surface area (Å²) >= 11 is 6.09. The van der Waals surface area contributed by atoms with Gasteiger partial charge in [0.1, 0.15) is 83.1 Å². The van der Waals surface area contributed by atoms with E-state index in [0.29, 0.717) is 285 Å². The van der Waals surface area contributed by atoms with Gasteiger partial charge >= 0.3 is 17.9 Å². The number of nitrogen functional groups attached to an aromatic ring is 1. The molecule has 0 spiro atoms. The maximum absolute atomic E-state index is 12.0. The van der Waals surface area contributed by atoms with E-state index >= 15 is 0 Å². The zero-order valence-corrected chi connectivity index (χ0v) is 74.5. The topological polar surface area (TPSA) is 466 Å². The van der Waals surface area contributed by atoms with Crippen molar-refractivity contribution in [2.24, 2.45) is 0 Å². The lowest BCUT2D eigenvalue weighted by Crippen LogP contribution is -2.16. The predicted octanol–water partition coefficient (Wildman–Crippen LogP) is 9.45. The van der Waals surface area contributed by atoms with Gasteiger partial charge in [-0.2, -0.15) is 8.42 Å². The van der Waals surface area contributed by atoms with Crippen molar-refractivity contribution in [1.29, 1.82) is 0 Å². The molecule has 0 unspecified atom stereocenters. The molecule has 40 nitrogen and oxygen atoms in total. The summed E-state index contributed by atoms with van der Waals surface area (Å²) in [7, 11) is -3.69. The number of nitrogens with one attached hydrogen (secondary N) is 1. The molecular weight excluding hydrogens is 1740 g/mol. The first-order chi connectivity index (χ1) is 62.9. The number of carbonyl (C=O) groups excluding carboxylic acids is 3. The first-order valence-electron chi connectivity index (χ1n) is 42.0. The number of nitro benzene ring substituents is 1. The number of H-pyrrole nitrogens is 1. The Labute approximate surface area is 751 Å². The third kappa shape index (κ3) is 37.6. The number of ether oxygens (including phenoxy) is 25. The minimum absolute atomic E-state index is 0.00396. The Morgan fingerprint density at radius 3 is 1.22 bits per heavy atom. The average molecular weight is 1850 g/mol. The van der Waals surface area contributed by atoms with Gasteiger partial charge in [0.2, 0.25) is 0 Å². The summed E-state index contributed by atoms with van der Waals surface area (Å²) in [5.74, 6) is 2.97. The summed E-state index contributed by atoms with van der Waals surface area (Å²) in [5.41, 5.74) is 8.34. The Morgan fingerprint density at radius 1 is 0.419 bits per heavy atom. The quantitative estimate of drug-likeness (QED) is 0.0125. The number of hydrogen-bond donors (Lipinski definition) is 2. The zero-order valence-electron chi connectivity index (χ0n) is 72.9. The number of nitrogens with two attached hydrogens (primary N) is 1. The standard InChI is InChI=1S/C15H19NO8.C15H21NO6.C15H20O6.C14H15ClN2O4.C14H16N2O5.C14H22O5S/c1-2-22-15(17)11-9-13-14(10-12(11)16(18)19)24-8-6-21-4-3-20-5-7-23-13;1-2-20-15(17)11-9-13-14(10-12(11)16)22-8-6-19-4-3-18-5-7-21-13;1-2-19-15(16)12-3-4-13-14(11-12)21-10-8-18-6-5-17-7-9-20-13;15-14-10-7-12-13(8-11(10)16-9-17-14)21-6-4-19-2-1-18-3-5-20-12;17-14-10-7-12-13(8-11(10)15-9-16-14)21-6-4-19-2-1-18-3-5-20-12;1-3-8-17-9-10-18-11-12-19-20(15,16)14-6-4-13(2)5-7-14/h9-10H,2-8H2,1H3;9-10H,2-8,16H2,1H3;3-4,11H,2,5-10H2,1H3;7-9H,1-6H2;7-9H,1-6H2,(H,15,16,17);4-7H,3,8-12H2,1-2H3. The number of nitrogens with zero attached hydrogens (tertiary/aromatic N) is 4. The number of aromatic amines is 1. The molecule has 5 aliphatic rings. The fourth-order valence-electron chi connectivity index (χ4n) is 11.3. The van der Waals surface area contributed by atoms with Crippen LogP contribution in [0.5, 0.6) is 57.5 Å². The Kier molecular flexibility index (Phi) is 48.2. The van der Waals surface area contributed by atoms with Crippen molar-refractivity contribution in [3.05, 3.63) is 152 Å². The highest BCUT2D eigenvalue weighted by atomic mass is 35.5. The largest absolute Gasteiger partial charge is 0.487 e. The molecule has 2 aromatic heterocycles. The summed E-state index contributed by atoms with van der Waals surface area (Å²) in [6, 6.07) is 24.0. The van der Waals surface area contributed by atoms with Crippen LogP contribution in [-0.4, -0.2) is 302 Å². The number of esters is 3. The first kappa shape index (κ1) is 104. The van der Waals surface area contributed by atoms with Crippen molar-refractivity contribution in [3.63, 3.8) is 0 Å². The number of hydrogen-bond acceptors (Lipinski definition) is 38. The second-order valence-corrected chi connectivity index (χ2v) is 28.7. The van der Waals surface area contributed by atoms with Crippen LogP contribution in [-0.2, 0) is 85.4 Å². The van der Waals surface area contributed by atoms with Gasteiger partial charge in [-0.25, -0.2) is 29.3 Å². The van der Waals surface area contributed by atoms with E-state index in [-0.39, 0.29) is 84.4 Å². The van der Waals surface area contributed by atoms with Crippen LogP contribution >= 0.6 is 11.6 Å². The van der Waals surface area contributed by atoms with Crippen molar-refractivity contribution in [2.75, 3.05) is 257 Å². The van der Waals surface area contributed by atoms with Crippen LogP contribution in [0.4, 0.5) is 11.4 Å². The molecule has 0 saturated heterocycles. The van der Waals surface area contributed by atoms with Gasteiger partial charge in [0, 0.05) is 42.3 Å². The van der Waals surface area contributed by atoms with Crippen molar-refractivity contribution < 1.29 is 150 Å². The second kappa shape index (κ2) is 60.1. The Balaban J connectivity index is 0.000000191. The van der Waals surface area contributed by atoms with Gasteiger partial charge in [-0.3, -0.25) is 19.1 Å². The summed E-state index contributed by atoms with van der Waals surface area (Å²) in [5, 5.41) is 12.8. The molecule has 5 aliphatic heterocycles. The fraction of sp³-hybridized carbons (Fsp3) is 0.506. The molecule has 42 heteroatoms.